The van der Waals surface area contributed by atoms with Gasteiger partial charge in [-0.2, -0.15) is 39.5 Å². The Morgan fingerprint density at radius 3 is 1.43 bits per heavy atom. The largest absolute Gasteiger partial charge is 0.471 e. The molecule has 0 bridgehead atoms. The van der Waals surface area contributed by atoms with Crippen LogP contribution in [-0.2, 0) is 50.2 Å². The molecule has 2 aromatic rings. The first-order valence-electron chi connectivity index (χ1n) is 18.3. The second-order valence-electron chi connectivity index (χ2n) is 13.5. The van der Waals surface area contributed by atoms with Gasteiger partial charge in [0.05, 0.1) is 24.5 Å². The number of nitrogens with zero attached hydrogens (tertiary/aromatic N) is 7. The molecular weight excluding hydrogens is 823 g/mol. The molecule has 0 fully saturated rings. The van der Waals surface area contributed by atoms with E-state index < -0.39 is 61.8 Å². The number of pyridine rings is 2. The lowest BCUT2D eigenvalue weighted by atomic mass is 10.2. The number of aromatic nitrogens is 2. The monoisotopic (exact) mass is 874 g/mol. The molecule has 0 unspecified atom stereocenters. The van der Waals surface area contributed by atoms with Crippen LogP contribution >= 0.6 is 0 Å². The quantitative estimate of drug-likeness (QED) is 0.169. The van der Waals surface area contributed by atoms with Gasteiger partial charge < -0.3 is 40.4 Å². The number of carbonyl (C=O) groups excluding carboxylic acids is 5. The summed E-state index contributed by atoms with van der Waals surface area (Å²) in [7, 11) is 7.39. The average Bonchev–Trinajstić information content (AvgIpc) is 3.15. The number of hydrogen-bond donors (Lipinski definition) is 3. The highest BCUT2D eigenvalue weighted by Gasteiger charge is 2.43. The van der Waals surface area contributed by atoms with Crippen molar-refractivity contribution in [3.8, 4) is 0 Å². The van der Waals surface area contributed by atoms with E-state index in [1.807, 2.05) is 31.2 Å². The summed E-state index contributed by atoms with van der Waals surface area (Å²) in [4.78, 5) is 73.4. The Kier molecular flexibility index (Phi) is 21.9. The van der Waals surface area contributed by atoms with Crippen LogP contribution in [0.1, 0.15) is 36.4 Å². The Morgan fingerprint density at radius 1 is 0.583 bits per heavy atom. The summed E-state index contributed by atoms with van der Waals surface area (Å²) in [6.45, 7) is 4.52. The Hall–Kier alpha value is -5.10. The molecule has 0 saturated carbocycles. The summed E-state index contributed by atoms with van der Waals surface area (Å²) >= 11 is 0. The third-order valence-electron chi connectivity index (χ3n) is 8.08. The number of amides is 5. The number of hydrogen-bond acceptors (Lipinski definition) is 10. The van der Waals surface area contributed by atoms with Gasteiger partial charge in [-0.25, -0.2) is 0 Å². The Labute approximate surface area is 341 Å². The van der Waals surface area contributed by atoms with E-state index in [4.69, 9.17) is 0 Å². The Bertz CT molecular complexity index is 1690. The Balaban J connectivity index is 0.000000612. The lowest BCUT2D eigenvalue weighted by molar-refractivity contribution is -0.187. The lowest BCUT2D eigenvalue weighted by Crippen LogP contribution is -2.48. The number of carbonyl (C=O) groups is 5. The van der Waals surface area contributed by atoms with Gasteiger partial charge in [0, 0.05) is 71.3 Å². The van der Waals surface area contributed by atoms with Gasteiger partial charge in [-0.1, -0.05) is 0 Å². The molecule has 15 nitrogen and oxygen atoms in total. The van der Waals surface area contributed by atoms with Gasteiger partial charge >= 0.3 is 36.3 Å². The zero-order valence-corrected chi connectivity index (χ0v) is 34.0. The van der Waals surface area contributed by atoms with Crippen molar-refractivity contribution in [2.45, 2.75) is 58.6 Å². The normalized spacial score (nSPS) is 11.8. The van der Waals surface area contributed by atoms with Crippen LogP contribution in [0, 0.1) is 0 Å². The van der Waals surface area contributed by atoms with Crippen LogP contribution in [0.4, 0.5) is 39.5 Å². The molecule has 2 rings (SSSR count). The third-order valence-corrected chi connectivity index (χ3v) is 8.08. The minimum Gasteiger partial charge on any atom is -0.344 e. The predicted octanol–water partition coefficient (Wildman–Crippen LogP) is 2.32. The van der Waals surface area contributed by atoms with Crippen molar-refractivity contribution in [1.82, 2.24) is 50.4 Å². The van der Waals surface area contributed by atoms with E-state index >= 15 is 0 Å². The van der Waals surface area contributed by atoms with Crippen molar-refractivity contribution in [2.24, 2.45) is 0 Å². The van der Waals surface area contributed by atoms with Crippen molar-refractivity contribution in [3.63, 3.8) is 0 Å². The molecule has 0 spiro atoms. The molecule has 0 aliphatic rings. The van der Waals surface area contributed by atoms with Crippen molar-refractivity contribution in [3.05, 3.63) is 59.2 Å². The van der Waals surface area contributed by atoms with Crippen LogP contribution in [0.2, 0.25) is 0 Å². The van der Waals surface area contributed by atoms with Gasteiger partial charge in [-0.05, 0) is 77.4 Å². The number of likely N-dealkylation sites (N-methyl/N-ethyl adjacent to an activating group) is 4. The topological polar surface area (TPSA) is 163 Å². The van der Waals surface area contributed by atoms with E-state index in [-0.39, 0.29) is 54.8 Å². The summed E-state index contributed by atoms with van der Waals surface area (Å²) in [5, 5.41) is 6.42. The molecule has 2 aromatic heterocycles. The molecule has 24 heteroatoms. The first kappa shape index (κ1) is 52.9. The summed E-state index contributed by atoms with van der Waals surface area (Å²) in [6, 6.07) is 5.49. The molecule has 5 amide bonds. The smallest absolute Gasteiger partial charge is 0.344 e. The average molecular weight is 875 g/mol. The minimum absolute atomic E-state index is 0.0343. The first-order valence-corrected chi connectivity index (χ1v) is 18.3. The van der Waals surface area contributed by atoms with E-state index in [1.165, 1.54) is 23.2 Å². The van der Waals surface area contributed by atoms with E-state index in [1.54, 1.807) is 42.2 Å². The second-order valence-corrected chi connectivity index (χ2v) is 13.5. The number of rotatable bonds is 20. The number of alkyl halides is 9. The summed E-state index contributed by atoms with van der Waals surface area (Å²) in [5.74, 6) is -7.16. The van der Waals surface area contributed by atoms with Gasteiger partial charge in [-0.3, -0.25) is 33.9 Å². The summed E-state index contributed by atoms with van der Waals surface area (Å²) < 4.78 is 113. The molecule has 0 atom stereocenters. The zero-order chi connectivity index (χ0) is 45.8. The van der Waals surface area contributed by atoms with E-state index in [0.29, 0.717) is 30.9 Å². The standard InChI is InChI=1S/C19H25F6N5O3.C17H26F3N5O2/c1-4-29(8-7-28(2)3)15(31)12-30(17(33)19(23,24)25)11-14-9-13(5-6-26-14)10-27-16(32)18(20,21)22;1-4-25(8-7-24(2)3)15(26)12-21-11-14-9-13(5-6-22-14)10-23-16(27)17(18,19)20/h5-6,9H,4,7-8,10-12H2,1-3H3,(H,27,32);5-6,9,21H,4,7-8,10-12H2,1-3H3,(H,23,27). The van der Waals surface area contributed by atoms with E-state index in [9.17, 15) is 63.5 Å². The van der Waals surface area contributed by atoms with Crippen LogP contribution in [0.25, 0.3) is 0 Å². The molecule has 2 heterocycles. The maximum Gasteiger partial charge on any atom is 0.471 e. The molecular formula is C36H51F9N10O5. The zero-order valence-electron chi connectivity index (χ0n) is 34.0. The third kappa shape index (κ3) is 20.7. The molecule has 0 aromatic carbocycles. The molecule has 0 saturated heterocycles. The molecule has 3 N–H and O–H groups in total. The molecule has 0 aliphatic carbocycles. The molecule has 0 radical (unpaired) electrons. The predicted molar refractivity (Wildman–Crippen MR) is 199 cm³/mol. The van der Waals surface area contributed by atoms with Crippen molar-refractivity contribution in [1.29, 1.82) is 0 Å². The Morgan fingerprint density at radius 2 is 1.02 bits per heavy atom. The van der Waals surface area contributed by atoms with Gasteiger partial charge in [-0.15, -0.1) is 0 Å². The molecule has 60 heavy (non-hydrogen) atoms. The van der Waals surface area contributed by atoms with E-state index in [0.717, 1.165) is 18.8 Å². The van der Waals surface area contributed by atoms with Crippen LogP contribution < -0.4 is 16.0 Å². The van der Waals surface area contributed by atoms with Crippen LogP contribution in [0.5, 0.6) is 0 Å². The van der Waals surface area contributed by atoms with Crippen molar-refractivity contribution >= 4 is 29.5 Å². The van der Waals surface area contributed by atoms with Gasteiger partial charge in [0.15, 0.2) is 0 Å². The summed E-state index contributed by atoms with van der Waals surface area (Å²) in [5.41, 5.74) is 1.07. The van der Waals surface area contributed by atoms with Gasteiger partial charge in [0.2, 0.25) is 11.8 Å². The second kappa shape index (κ2) is 24.9. The summed E-state index contributed by atoms with van der Waals surface area (Å²) in [6.07, 6.45) is -12.7. The van der Waals surface area contributed by atoms with Gasteiger partial charge in [0.25, 0.3) is 0 Å². The minimum atomic E-state index is -5.25. The lowest BCUT2D eigenvalue weighted by Gasteiger charge is -2.28. The highest BCUT2D eigenvalue weighted by Crippen LogP contribution is 2.21. The van der Waals surface area contributed by atoms with Crippen LogP contribution in [0.3, 0.4) is 0 Å². The van der Waals surface area contributed by atoms with E-state index in [2.05, 4.69) is 15.3 Å². The SMILES string of the molecule is CCN(CCN(C)C)C(=O)CN(Cc1cc(CNC(=O)C(F)(F)F)ccn1)C(=O)C(F)(F)F.CCN(CCN(C)C)C(=O)CNCc1cc(CNC(=O)C(F)(F)F)ccn1. The fourth-order valence-electron chi connectivity index (χ4n) is 4.83. The molecule has 0 aliphatic heterocycles. The van der Waals surface area contributed by atoms with Crippen LogP contribution in [-0.4, -0.2) is 163 Å². The van der Waals surface area contributed by atoms with Crippen molar-refractivity contribution < 1.29 is 63.5 Å². The highest BCUT2D eigenvalue weighted by molar-refractivity contribution is 5.87. The maximum atomic E-state index is 13.1. The van der Waals surface area contributed by atoms with Gasteiger partial charge in [0.1, 0.15) is 6.54 Å². The molecule has 338 valence electrons. The number of halogens is 9. The maximum absolute atomic E-state index is 13.1. The van der Waals surface area contributed by atoms with Crippen LogP contribution in [0.15, 0.2) is 36.7 Å². The fourth-order valence-corrected chi connectivity index (χ4v) is 4.83. The first-order chi connectivity index (χ1) is 27.8. The highest BCUT2D eigenvalue weighted by atomic mass is 19.4. The number of nitrogens with one attached hydrogen (secondary N) is 3. The fraction of sp³-hybridized carbons (Fsp3) is 0.583. The van der Waals surface area contributed by atoms with Crippen molar-refractivity contribution in [2.75, 3.05) is 80.5 Å².